The van der Waals surface area contributed by atoms with Crippen molar-refractivity contribution in [2.45, 2.75) is 18.9 Å². The summed E-state index contributed by atoms with van der Waals surface area (Å²) in [6.07, 6.45) is 1.69. The number of carbonyl (C=O) groups excluding carboxylic acids is 2. The summed E-state index contributed by atoms with van der Waals surface area (Å²) < 4.78 is 22.8. The summed E-state index contributed by atoms with van der Waals surface area (Å²) in [5.41, 5.74) is 1.53. The third kappa shape index (κ3) is 8.69. The van der Waals surface area contributed by atoms with Crippen molar-refractivity contribution in [2.24, 2.45) is 5.92 Å². The molecule has 0 bridgehead atoms. The Kier molecular flexibility index (Phi) is 9.55. The van der Waals surface area contributed by atoms with Crippen molar-refractivity contribution in [3.8, 4) is 0 Å². The molecule has 2 atom stereocenters. The van der Waals surface area contributed by atoms with E-state index in [0.29, 0.717) is 12.0 Å². The Morgan fingerprint density at radius 1 is 1.03 bits per heavy atom. The maximum Gasteiger partial charge on any atom is 0.224 e. The first-order valence-corrected chi connectivity index (χ1v) is 12.7. The molecule has 8 heteroatoms. The minimum Gasteiger partial charge on any atom is -0.394 e. The summed E-state index contributed by atoms with van der Waals surface area (Å²) in [7, 11) is -3.20. The molecule has 0 heterocycles. The minimum absolute atomic E-state index is 0.114. The van der Waals surface area contributed by atoms with Crippen molar-refractivity contribution in [1.29, 1.82) is 0 Å². The Morgan fingerprint density at radius 2 is 1.63 bits per heavy atom. The number of benzene rings is 2. The Morgan fingerprint density at radius 3 is 2.20 bits per heavy atom. The van der Waals surface area contributed by atoms with Gasteiger partial charge in [-0.15, -0.1) is 0 Å². The molecular weight excluding hydrogens is 422 g/mol. The second kappa shape index (κ2) is 11.9. The van der Waals surface area contributed by atoms with Crippen molar-refractivity contribution >= 4 is 32.6 Å². The van der Waals surface area contributed by atoms with E-state index in [2.05, 4.69) is 5.32 Å². The van der Waals surface area contributed by atoms with Gasteiger partial charge in [0.15, 0.2) is 0 Å². The van der Waals surface area contributed by atoms with E-state index in [1.807, 2.05) is 36.4 Å². The zero-order valence-corrected chi connectivity index (χ0v) is 18.5. The standard InChI is InChI=1S/C22H27NO5S2/c1-30(27,28)13-12-20(15-24)23-21(25)19(14-17-8-4-2-5-9-17)16-29-22(26)18-10-6-3-7-11-18/h2-11,19-20,24H,12-16H2,1H3,(H,23,25)/t19-,20-/m0/s1. The van der Waals surface area contributed by atoms with E-state index in [-0.39, 0.29) is 35.6 Å². The largest absolute Gasteiger partial charge is 0.394 e. The highest BCUT2D eigenvalue weighted by Gasteiger charge is 2.24. The normalized spacial score (nSPS) is 13.4. The van der Waals surface area contributed by atoms with Crippen LogP contribution in [0.1, 0.15) is 22.3 Å². The van der Waals surface area contributed by atoms with Crippen LogP contribution in [0.15, 0.2) is 60.7 Å². The number of nitrogens with one attached hydrogen (secondary N) is 1. The smallest absolute Gasteiger partial charge is 0.224 e. The highest BCUT2D eigenvalue weighted by atomic mass is 32.2. The Labute approximate surface area is 182 Å². The van der Waals surface area contributed by atoms with Crippen LogP contribution in [0.5, 0.6) is 0 Å². The summed E-state index contributed by atoms with van der Waals surface area (Å²) in [5.74, 6) is -0.654. The molecule has 0 unspecified atom stereocenters. The van der Waals surface area contributed by atoms with Gasteiger partial charge in [-0.3, -0.25) is 9.59 Å². The Hall–Kier alpha value is -2.16. The highest BCUT2D eigenvalue weighted by molar-refractivity contribution is 8.14. The average molecular weight is 450 g/mol. The topological polar surface area (TPSA) is 101 Å². The van der Waals surface area contributed by atoms with Crippen LogP contribution >= 0.6 is 11.8 Å². The van der Waals surface area contributed by atoms with Gasteiger partial charge in [-0.2, -0.15) is 0 Å². The van der Waals surface area contributed by atoms with Gasteiger partial charge in [0, 0.05) is 17.6 Å². The number of hydrogen-bond donors (Lipinski definition) is 2. The number of amides is 1. The van der Waals surface area contributed by atoms with E-state index in [9.17, 15) is 23.1 Å². The molecule has 0 aliphatic heterocycles. The summed E-state index contributed by atoms with van der Waals surface area (Å²) in [6.45, 7) is -0.352. The van der Waals surface area contributed by atoms with Gasteiger partial charge in [-0.05, 0) is 18.4 Å². The zero-order chi connectivity index (χ0) is 22.0. The van der Waals surface area contributed by atoms with Gasteiger partial charge in [0.2, 0.25) is 11.0 Å². The fourth-order valence-corrected chi connectivity index (χ4v) is 4.48. The molecule has 0 spiro atoms. The van der Waals surface area contributed by atoms with E-state index in [4.69, 9.17) is 0 Å². The first-order chi connectivity index (χ1) is 14.3. The number of aliphatic hydroxyl groups is 1. The number of sulfone groups is 1. The molecule has 0 fully saturated rings. The summed E-state index contributed by atoms with van der Waals surface area (Å²) in [5, 5.41) is 12.2. The molecule has 6 nitrogen and oxygen atoms in total. The van der Waals surface area contributed by atoms with Gasteiger partial charge in [0.05, 0.1) is 24.3 Å². The lowest BCUT2D eigenvalue weighted by molar-refractivity contribution is -0.125. The van der Waals surface area contributed by atoms with Crippen LogP contribution in [0.2, 0.25) is 0 Å². The van der Waals surface area contributed by atoms with E-state index in [0.717, 1.165) is 23.6 Å². The second-order valence-electron chi connectivity index (χ2n) is 7.16. The summed E-state index contributed by atoms with van der Waals surface area (Å²) in [4.78, 5) is 25.3. The quantitative estimate of drug-likeness (QED) is 0.546. The van der Waals surface area contributed by atoms with Gasteiger partial charge in [0.1, 0.15) is 9.84 Å². The van der Waals surface area contributed by atoms with E-state index in [1.165, 1.54) is 0 Å². The van der Waals surface area contributed by atoms with Crippen molar-refractivity contribution in [3.05, 3.63) is 71.8 Å². The van der Waals surface area contributed by atoms with Crippen molar-refractivity contribution in [2.75, 3.05) is 24.4 Å². The summed E-state index contributed by atoms with van der Waals surface area (Å²) >= 11 is 1.08. The van der Waals surface area contributed by atoms with Crippen LogP contribution in [0.25, 0.3) is 0 Å². The fourth-order valence-electron chi connectivity index (χ4n) is 2.84. The van der Waals surface area contributed by atoms with Gasteiger partial charge >= 0.3 is 0 Å². The Bertz CT molecular complexity index is 917. The van der Waals surface area contributed by atoms with Gasteiger partial charge in [0.25, 0.3) is 0 Å². The van der Waals surface area contributed by atoms with Gasteiger partial charge < -0.3 is 10.4 Å². The van der Waals surface area contributed by atoms with Crippen LogP contribution < -0.4 is 5.32 Å². The molecule has 0 aliphatic rings. The van der Waals surface area contributed by atoms with Crippen LogP contribution in [0.3, 0.4) is 0 Å². The molecule has 1 amide bonds. The first-order valence-electron chi connectivity index (χ1n) is 9.63. The first kappa shape index (κ1) is 24.1. The monoisotopic (exact) mass is 449 g/mol. The molecule has 2 rings (SSSR count). The molecule has 2 aromatic carbocycles. The van der Waals surface area contributed by atoms with Gasteiger partial charge in [-0.1, -0.05) is 72.4 Å². The van der Waals surface area contributed by atoms with Crippen LogP contribution in [-0.4, -0.2) is 55.0 Å². The SMILES string of the molecule is CS(=O)(=O)CC[C@@H](CO)NC(=O)[C@H](CSC(=O)c1ccccc1)Cc1ccccc1. The van der Waals surface area contributed by atoms with Crippen LogP contribution in [-0.2, 0) is 21.1 Å². The molecular formula is C22H27NO5S2. The third-order valence-corrected chi connectivity index (χ3v) is 6.57. The molecule has 2 aromatic rings. The molecule has 0 aromatic heterocycles. The average Bonchev–Trinajstić information content (AvgIpc) is 2.74. The van der Waals surface area contributed by atoms with Crippen LogP contribution in [0, 0.1) is 5.92 Å². The lowest BCUT2D eigenvalue weighted by Gasteiger charge is -2.21. The lowest BCUT2D eigenvalue weighted by atomic mass is 9.99. The highest BCUT2D eigenvalue weighted by Crippen LogP contribution is 2.19. The predicted molar refractivity (Wildman–Crippen MR) is 120 cm³/mol. The molecule has 0 saturated heterocycles. The second-order valence-corrected chi connectivity index (χ2v) is 10.4. The zero-order valence-electron chi connectivity index (χ0n) is 16.9. The molecule has 0 saturated carbocycles. The number of rotatable bonds is 11. The molecule has 2 N–H and O–H groups in total. The van der Waals surface area contributed by atoms with E-state index in [1.54, 1.807) is 24.3 Å². The number of hydrogen-bond acceptors (Lipinski definition) is 6. The van der Waals surface area contributed by atoms with E-state index >= 15 is 0 Å². The molecule has 0 aliphatic carbocycles. The van der Waals surface area contributed by atoms with Crippen LogP contribution in [0.4, 0.5) is 0 Å². The number of aliphatic hydroxyl groups excluding tert-OH is 1. The Balaban J connectivity index is 2.05. The third-order valence-electron chi connectivity index (χ3n) is 4.52. The summed E-state index contributed by atoms with van der Waals surface area (Å²) in [6, 6.07) is 17.7. The predicted octanol–water partition coefficient (Wildman–Crippen LogP) is 2.33. The number of carbonyl (C=O) groups is 2. The maximum atomic E-state index is 12.9. The minimum atomic E-state index is -3.20. The van der Waals surface area contributed by atoms with Gasteiger partial charge in [-0.25, -0.2) is 8.42 Å². The maximum absolute atomic E-state index is 12.9. The molecule has 162 valence electrons. The lowest BCUT2D eigenvalue weighted by Crippen LogP contribution is -2.43. The molecule has 0 radical (unpaired) electrons. The molecule has 30 heavy (non-hydrogen) atoms. The van der Waals surface area contributed by atoms with Crippen molar-refractivity contribution in [1.82, 2.24) is 5.32 Å². The fraction of sp³-hybridized carbons (Fsp3) is 0.364. The van der Waals surface area contributed by atoms with Crippen molar-refractivity contribution in [3.63, 3.8) is 0 Å². The van der Waals surface area contributed by atoms with Crippen molar-refractivity contribution < 1.29 is 23.1 Å². The number of thioether (sulfide) groups is 1. The van der Waals surface area contributed by atoms with E-state index < -0.39 is 21.8 Å².